The van der Waals surface area contributed by atoms with Crippen molar-refractivity contribution in [1.82, 2.24) is 0 Å². The van der Waals surface area contributed by atoms with Gasteiger partial charge < -0.3 is 40.0 Å². The fourth-order valence-corrected chi connectivity index (χ4v) is 3.10. The maximum absolute atomic E-state index is 11.7. The van der Waals surface area contributed by atoms with Crippen LogP contribution in [0.3, 0.4) is 0 Å². The van der Waals surface area contributed by atoms with E-state index in [-0.39, 0.29) is 28.8 Å². The van der Waals surface area contributed by atoms with Gasteiger partial charge in [-0.25, -0.2) is 0 Å². The molecule has 0 radical (unpaired) electrons. The van der Waals surface area contributed by atoms with Crippen molar-refractivity contribution in [2.75, 3.05) is 18.5 Å². The molecule has 1 fully saturated rings. The van der Waals surface area contributed by atoms with Gasteiger partial charge in [-0.1, -0.05) is 11.6 Å². The summed E-state index contributed by atoms with van der Waals surface area (Å²) in [6, 6.07) is 4.32. The molecule has 2 aromatic carbocycles. The lowest BCUT2D eigenvalue weighted by atomic mass is 9.99. The number of benzene rings is 1. The first-order valence-electron chi connectivity index (χ1n) is 8.78. The highest BCUT2D eigenvalue weighted by Crippen LogP contribution is 2.33. The molecular formula is C18H20ClNO9. The summed E-state index contributed by atoms with van der Waals surface area (Å²) >= 11 is 6.18. The van der Waals surface area contributed by atoms with Gasteiger partial charge >= 0.3 is 0 Å². The maximum atomic E-state index is 11.7. The lowest BCUT2D eigenvalue weighted by molar-refractivity contribution is -0.277. The van der Waals surface area contributed by atoms with Crippen LogP contribution in [-0.2, 0) is 4.74 Å². The van der Waals surface area contributed by atoms with E-state index < -0.39 is 48.2 Å². The zero-order valence-electron chi connectivity index (χ0n) is 15.2. The van der Waals surface area contributed by atoms with Gasteiger partial charge in [0.25, 0.3) is 10.9 Å². The third-order valence-electron chi connectivity index (χ3n) is 4.45. The average Bonchev–Trinajstić information content (AvgIpc) is 2.72. The van der Waals surface area contributed by atoms with E-state index in [1.165, 1.54) is 18.2 Å². The molecule has 158 valence electrons. The molecule has 0 aromatic heterocycles. The predicted molar refractivity (Wildman–Crippen MR) is 102 cm³/mol. The molecule has 1 aliphatic heterocycles. The Morgan fingerprint density at radius 1 is 1.14 bits per heavy atom. The Labute approximate surface area is 169 Å². The molecule has 0 amide bonds. The van der Waals surface area contributed by atoms with Gasteiger partial charge in [0.05, 0.1) is 18.2 Å². The van der Waals surface area contributed by atoms with Gasteiger partial charge in [-0.15, -0.1) is 0 Å². The van der Waals surface area contributed by atoms with Gasteiger partial charge in [-0.05, 0) is 25.1 Å². The normalized spacial score (nSPS) is 27.0. The SMILES string of the molecule is CCOc1c(Nc2ccc(O[C@H]3O[C@H](CO)[C@@H](O)[C@H](O)[C@@H]3O)c(Cl)c2)c(=O)c1=O. The van der Waals surface area contributed by atoms with Crippen molar-refractivity contribution in [3.8, 4) is 11.5 Å². The highest BCUT2D eigenvalue weighted by molar-refractivity contribution is 6.32. The smallest absolute Gasteiger partial charge is 0.272 e. The lowest BCUT2D eigenvalue weighted by Crippen LogP contribution is -2.60. The summed E-state index contributed by atoms with van der Waals surface area (Å²) in [4.78, 5) is 23.2. The minimum Gasteiger partial charge on any atom is -0.488 e. The van der Waals surface area contributed by atoms with E-state index >= 15 is 0 Å². The Hall–Kier alpha value is -2.21. The minimum absolute atomic E-state index is 0.0236. The molecule has 1 saturated heterocycles. The van der Waals surface area contributed by atoms with Crippen LogP contribution in [0.4, 0.5) is 11.4 Å². The molecule has 3 rings (SSSR count). The second-order valence-corrected chi connectivity index (χ2v) is 6.79. The third-order valence-corrected chi connectivity index (χ3v) is 4.74. The van der Waals surface area contributed by atoms with E-state index in [0.717, 1.165) is 0 Å². The summed E-state index contributed by atoms with van der Waals surface area (Å²) in [5, 5.41) is 41.7. The number of halogens is 1. The zero-order valence-corrected chi connectivity index (χ0v) is 16.0. The van der Waals surface area contributed by atoms with Crippen LogP contribution in [0, 0.1) is 0 Å². The number of rotatable bonds is 7. The van der Waals surface area contributed by atoms with E-state index in [9.17, 15) is 30.0 Å². The van der Waals surface area contributed by atoms with Gasteiger partial charge in [0.2, 0.25) is 6.29 Å². The Morgan fingerprint density at radius 2 is 1.86 bits per heavy atom. The van der Waals surface area contributed by atoms with Crippen molar-refractivity contribution in [2.24, 2.45) is 0 Å². The molecule has 1 heterocycles. The summed E-state index contributed by atoms with van der Waals surface area (Å²) in [7, 11) is 0. The van der Waals surface area contributed by atoms with Crippen molar-refractivity contribution in [1.29, 1.82) is 0 Å². The minimum atomic E-state index is -1.59. The Bertz CT molecular complexity index is 940. The van der Waals surface area contributed by atoms with E-state index in [4.69, 9.17) is 25.8 Å². The van der Waals surface area contributed by atoms with E-state index in [1.54, 1.807) is 6.92 Å². The molecule has 29 heavy (non-hydrogen) atoms. The molecule has 5 N–H and O–H groups in total. The predicted octanol–water partition coefficient (Wildman–Crippen LogP) is -0.743. The van der Waals surface area contributed by atoms with Crippen LogP contribution in [0.15, 0.2) is 27.8 Å². The molecule has 1 aliphatic rings. The molecule has 10 nitrogen and oxygen atoms in total. The van der Waals surface area contributed by atoms with Crippen molar-refractivity contribution >= 4 is 23.0 Å². The van der Waals surface area contributed by atoms with Gasteiger partial charge in [0.15, 0.2) is 5.75 Å². The number of ether oxygens (including phenoxy) is 3. The number of aliphatic hydroxyl groups is 4. The van der Waals surface area contributed by atoms with Crippen molar-refractivity contribution in [3.05, 3.63) is 43.7 Å². The maximum Gasteiger partial charge on any atom is 0.272 e. The number of nitrogens with one attached hydrogen (secondary N) is 1. The molecule has 5 atom stereocenters. The third kappa shape index (κ3) is 4.08. The van der Waals surface area contributed by atoms with E-state index in [1.807, 2.05) is 0 Å². The molecule has 0 aliphatic carbocycles. The second kappa shape index (κ2) is 8.66. The largest absolute Gasteiger partial charge is 0.488 e. The lowest BCUT2D eigenvalue weighted by Gasteiger charge is -2.39. The van der Waals surface area contributed by atoms with Gasteiger partial charge in [-0.2, -0.15) is 0 Å². The monoisotopic (exact) mass is 429 g/mol. The standard InChI is InChI=1S/C18H20ClNO9/c1-2-27-17-11(13(23)15(17)25)20-7-3-4-9(8(19)5-7)28-18-16(26)14(24)12(22)10(6-21)29-18/h3-5,10,12,14,16,18,20-22,24,26H,2,6H2,1H3/t10-,12-,14+,16+,18+/m1/s1. The quantitative estimate of drug-likeness (QED) is 0.355. The first-order valence-corrected chi connectivity index (χ1v) is 9.16. The molecule has 0 unspecified atom stereocenters. The summed E-state index contributed by atoms with van der Waals surface area (Å²) < 4.78 is 15.9. The van der Waals surface area contributed by atoms with Crippen LogP contribution >= 0.6 is 11.6 Å². The number of hydrogen-bond acceptors (Lipinski definition) is 10. The van der Waals surface area contributed by atoms with Gasteiger partial charge in [-0.3, -0.25) is 9.59 Å². The van der Waals surface area contributed by atoms with Crippen LogP contribution in [0.1, 0.15) is 6.92 Å². The van der Waals surface area contributed by atoms with Crippen molar-refractivity contribution < 1.29 is 34.6 Å². The number of anilines is 2. The first kappa shape index (κ1) is 21.5. The van der Waals surface area contributed by atoms with Crippen LogP contribution in [-0.4, -0.2) is 64.3 Å². The van der Waals surface area contributed by atoms with Gasteiger partial charge in [0.1, 0.15) is 35.9 Å². The molecule has 2 aromatic rings. The molecular weight excluding hydrogens is 410 g/mol. The topological polar surface area (TPSA) is 155 Å². The van der Waals surface area contributed by atoms with Crippen molar-refractivity contribution in [3.63, 3.8) is 0 Å². The van der Waals surface area contributed by atoms with Crippen LogP contribution in [0.25, 0.3) is 0 Å². The van der Waals surface area contributed by atoms with E-state index in [0.29, 0.717) is 5.69 Å². The van der Waals surface area contributed by atoms with E-state index in [2.05, 4.69) is 5.32 Å². The highest BCUT2D eigenvalue weighted by atomic mass is 35.5. The fraction of sp³-hybridized carbons (Fsp3) is 0.444. The summed E-state index contributed by atoms with van der Waals surface area (Å²) in [6.45, 7) is 1.32. The summed E-state index contributed by atoms with van der Waals surface area (Å²) in [5.74, 6) is 0.0341. The molecule has 11 heteroatoms. The van der Waals surface area contributed by atoms with Crippen LogP contribution < -0.4 is 25.6 Å². The highest BCUT2D eigenvalue weighted by Gasteiger charge is 2.44. The summed E-state index contributed by atoms with van der Waals surface area (Å²) in [5.41, 5.74) is -1.01. The second-order valence-electron chi connectivity index (χ2n) is 6.38. The Kier molecular flexibility index (Phi) is 6.42. The molecule has 0 saturated carbocycles. The Morgan fingerprint density at radius 3 is 2.48 bits per heavy atom. The van der Waals surface area contributed by atoms with Crippen LogP contribution in [0.2, 0.25) is 5.02 Å². The van der Waals surface area contributed by atoms with Crippen LogP contribution in [0.5, 0.6) is 11.5 Å². The van der Waals surface area contributed by atoms with Gasteiger partial charge in [0, 0.05) is 5.69 Å². The summed E-state index contributed by atoms with van der Waals surface area (Å²) in [6.07, 6.45) is -7.19. The fourth-order valence-electron chi connectivity index (χ4n) is 2.87. The Balaban J connectivity index is 1.74. The van der Waals surface area contributed by atoms with Crippen molar-refractivity contribution in [2.45, 2.75) is 37.6 Å². The molecule has 0 spiro atoms. The average molecular weight is 430 g/mol. The number of hydrogen-bond donors (Lipinski definition) is 5. The number of aliphatic hydroxyl groups excluding tert-OH is 4. The molecule has 0 bridgehead atoms. The first-order chi connectivity index (χ1) is 13.8. The zero-order chi connectivity index (χ0) is 21.3.